The van der Waals surface area contributed by atoms with Gasteiger partial charge >= 0.3 is 5.97 Å². The summed E-state index contributed by atoms with van der Waals surface area (Å²) in [6.07, 6.45) is 7.90. The normalized spacial score (nSPS) is 11.4. The van der Waals surface area contributed by atoms with Gasteiger partial charge in [0.25, 0.3) is 0 Å². The first-order chi connectivity index (χ1) is 13.6. The molecule has 0 aliphatic rings. The van der Waals surface area contributed by atoms with Crippen LogP contribution in [0.1, 0.15) is 64.4 Å². The number of aryl methyl sites for hydroxylation is 1. The van der Waals surface area contributed by atoms with Crippen LogP contribution in [-0.4, -0.2) is 10.8 Å². The van der Waals surface area contributed by atoms with Gasteiger partial charge in [-0.05, 0) is 49.1 Å². The van der Waals surface area contributed by atoms with Gasteiger partial charge in [-0.1, -0.05) is 56.5 Å². The molecule has 5 heteroatoms. The summed E-state index contributed by atoms with van der Waals surface area (Å²) in [6.45, 7) is 4.29. The number of unbranched alkanes of at least 4 members (excludes halogenated alkanes) is 4. The van der Waals surface area contributed by atoms with E-state index < -0.39 is 0 Å². The van der Waals surface area contributed by atoms with E-state index in [0.717, 1.165) is 44.9 Å². The molecule has 0 amide bonds. The molecular formula is C23H30N2O3. The monoisotopic (exact) mass is 382 g/mol. The Kier molecular flexibility index (Phi) is 9.19. The van der Waals surface area contributed by atoms with E-state index in [1.165, 1.54) is 5.56 Å². The molecule has 0 heterocycles. The van der Waals surface area contributed by atoms with E-state index in [9.17, 15) is 10.0 Å². The van der Waals surface area contributed by atoms with Crippen molar-refractivity contribution in [3.8, 4) is 5.75 Å². The van der Waals surface area contributed by atoms with E-state index in [-0.39, 0.29) is 5.97 Å². The van der Waals surface area contributed by atoms with Gasteiger partial charge in [0.15, 0.2) is 0 Å². The van der Waals surface area contributed by atoms with Crippen LogP contribution in [0.4, 0.5) is 11.4 Å². The molecular weight excluding hydrogens is 352 g/mol. The van der Waals surface area contributed by atoms with Crippen LogP contribution in [-0.2, 0) is 11.2 Å². The summed E-state index contributed by atoms with van der Waals surface area (Å²) < 4.78 is 5.31. The fraction of sp³-hybridized carbons (Fsp3) is 0.435. The lowest BCUT2D eigenvalue weighted by Crippen LogP contribution is -2.07. The molecule has 0 atom stereocenters. The van der Waals surface area contributed by atoms with Gasteiger partial charge in [0.1, 0.15) is 11.4 Å². The molecule has 0 saturated heterocycles. The molecule has 28 heavy (non-hydrogen) atoms. The minimum atomic E-state index is -0.227. The van der Waals surface area contributed by atoms with Crippen LogP contribution in [0.2, 0.25) is 0 Å². The predicted molar refractivity (Wildman–Crippen MR) is 111 cm³/mol. The van der Waals surface area contributed by atoms with Crippen LogP contribution in [0, 0.1) is 5.21 Å². The molecule has 0 aliphatic carbocycles. The molecule has 0 radical (unpaired) electrons. The second kappa shape index (κ2) is 11.9. The van der Waals surface area contributed by atoms with Gasteiger partial charge in [-0.2, -0.15) is 0 Å². The van der Waals surface area contributed by atoms with Gasteiger partial charge in [0.05, 0.1) is 0 Å². The van der Waals surface area contributed by atoms with E-state index in [0.29, 0.717) is 28.4 Å². The van der Waals surface area contributed by atoms with E-state index in [2.05, 4.69) is 19.0 Å². The van der Waals surface area contributed by atoms with E-state index in [1.54, 1.807) is 36.4 Å². The molecule has 2 aromatic carbocycles. The number of nitrogens with zero attached hydrogens (tertiary/aromatic N) is 2. The highest BCUT2D eigenvalue weighted by molar-refractivity contribution is 5.72. The summed E-state index contributed by atoms with van der Waals surface area (Å²) in [5.41, 5.74) is 2.22. The van der Waals surface area contributed by atoms with Crippen molar-refractivity contribution < 1.29 is 14.4 Å². The van der Waals surface area contributed by atoms with Gasteiger partial charge in [0, 0.05) is 23.7 Å². The van der Waals surface area contributed by atoms with Crippen molar-refractivity contribution in [1.82, 2.24) is 0 Å². The summed E-state index contributed by atoms with van der Waals surface area (Å²) in [5.74, 6) is 0.242. The summed E-state index contributed by atoms with van der Waals surface area (Å²) >= 11 is 0. The van der Waals surface area contributed by atoms with Crippen molar-refractivity contribution in [3.05, 3.63) is 59.3 Å². The van der Waals surface area contributed by atoms with Gasteiger partial charge < -0.3 is 9.94 Å². The molecule has 150 valence electrons. The summed E-state index contributed by atoms with van der Waals surface area (Å²) in [7, 11) is 0. The minimum Gasteiger partial charge on any atom is -0.594 e. The van der Waals surface area contributed by atoms with E-state index in [1.807, 2.05) is 12.1 Å². The zero-order chi connectivity index (χ0) is 20.2. The Balaban J connectivity index is 1.90. The maximum Gasteiger partial charge on any atom is 0.311 e. The number of carbonyl (C=O) groups is 1. The highest BCUT2D eigenvalue weighted by Gasteiger charge is 2.07. The number of azo groups is 1. The molecule has 0 N–H and O–H groups in total. The Morgan fingerprint density at radius 2 is 1.61 bits per heavy atom. The number of carbonyl (C=O) groups excluding carboxylic acids is 1. The second-order valence-corrected chi connectivity index (χ2v) is 6.92. The van der Waals surface area contributed by atoms with Crippen LogP contribution in [0.3, 0.4) is 0 Å². The molecule has 0 unspecified atom stereocenters. The third-order valence-corrected chi connectivity index (χ3v) is 4.49. The number of ether oxygens (including phenoxy) is 1. The molecule has 0 aromatic heterocycles. The van der Waals surface area contributed by atoms with Crippen molar-refractivity contribution in [2.45, 2.75) is 65.2 Å². The molecule has 0 aliphatic heterocycles. The Morgan fingerprint density at radius 3 is 2.25 bits per heavy atom. The molecule has 0 spiro atoms. The molecule has 5 nitrogen and oxygen atoms in total. The van der Waals surface area contributed by atoms with E-state index >= 15 is 0 Å². The number of esters is 1. The molecule has 0 saturated carbocycles. The first kappa shape index (κ1) is 21.6. The molecule has 2 aromatic rings. The molecule has 0 fully saturated rings. The van der Waals surface area contributed by atoms with Gasteiger partial charge in [-0.25, -0.2) is 0 Å². The summed E-state index contributed by atoms with van der Waals surface area (Å²) in [6, 6.07) is 14.2. The predicted octanol–water partition coefficient (Wildman–Crippen LogP) is 6.83. The summed E-state index contributed by atoms with van der Waals surface area (Å²) in [5, 5.41) is 16.3. The first-order valence-electron chi connectivity index (χ1n) is 10.2. The van der Waals surface area contributed by atoms with Crippen molar-refractivity contribution in [2.75, 3.05) is 0 Å². The van der Waals surface area contributed by atoms with Crippen molar-refractivity contribution >= 4 is 17.3 Å². The fourth-order valence-electron chi connectivity index (χ4n) is 2.79. The fourth-order valence-corrected chi connectivity index (χ4v) is 2.79. The van der Waals surface area contributed by atoms with Crippen molar-refractivity contribution in [1.29, 1.82) is 0 Å². The Bertz CT molecular complexity index is 752. The lowest BCUT2D eigenvalue weighted by Gasteiger charge is -2.05. The summed E-state index contributed by atoms with van der Waals surface area (Å²) in [4.78, 5) is 12.4. The van der Waals surface area contributed by atoms with Gasteiger partial charge in [0.2, 0.25) is 5.69 Å². The number of benzene rings is 2. The van der Waals surface area contributed by atoms with Crippen LogP contribution >= 0.6 is 0 Å². The zero-order valence-corrected chi connectivity index (χ0v) is 16.9. The third-order valence-electron chi connectivity index (χ3n) is 4.49. The first-order valence-corrected chi connectivity index (χ1v) is 10.2. The highest BCUT2D eigenvalue weighted by Crippen LogP contribution is 2.22. The van der Waals surface area contributed by atoms with Crippen molar-refractivity contribution in [2.24, 2.45) is 5.11 Å². The Morgan fingerprint density at radius 1 is 0.929 bits per heavy atom. The Hall–Kier alpha value is -2.69. The van der Waals surface area contributed by atoms with Gasteiger partial charge in [-0.15, -0.1) is 0 Å². The maximum atomic E-state index is 12.2. The number of rotatable bonds is 11. The number of hydrogen-bond donors (Lipinski definition) is 0. The Labute approximate surface area is 167 Å². The van der Waals surface area contributed by atoms with Gasteiger partial charge in [-0.3, -0.25) is 4.79 Å². The largest absolute Gasteiger partial charge is 0.594 e. The third kappa shape index (κ3) is 7.51. The van der Waals surface area contributed by atoms with Crippen LogP contribution in [0.5, 0.6) is 5.75 Å². The van der Waals surface area contributed by atoms with Crippen LogP contribution in [0.25, 0.3) is 0 Å². The highest BCUT2D eigenvalue weighted by atomic mass is 16.5. The zero-order valence-electron chi connectivity index (χ0n) is 16.9. The second-order valence-electron chi connectivity index (χ2n) is 6.92. The molecule has 0 bridgehead atoms. The SMILES string of the molecule is CCCCCCC(=O)Oc1ccc(N=[N+]([O-])c2ccc(CCCC)cc2)cc1. The number of hydrogen-bond acceptors (Lipinski definition) is 4. The average molecular weight is 383 g/mol. The van der Waals surface area contributed by atoms with Crippen LogP contribution in [0.15, 0.2) is 53.6 Å². The standard InChI is InChI=1S/C23H30N2O3/c1-3-5-7-8-10-23(26)28-22-17-13-20(14-18-22)24-25(27)21-15-11-19(12-16-21)9-6-4-2/h11-18H,3-10H2,1-2H3. The quantitative estimate of drug-likeness (QED) is 0.107. The molecule has 2 rings (SSSR count). The van der Waals surface area contributed by atoms with Crippen LogP contribution < -0.4 is 4.74 Å². The lowest BCUT2D eigenvalue weighted by atomic mass is 10.1. The van der Waals surface area contributed by atoms with Crippen molar-refractivity contribution in [3.63, 3.8) is 0 Å². The maximum absolute atomic E-state index is 12.2. The lowest BCUT2D eigenvalue weighted by molar-refractivity contribution is -0.435. The minimum absolute atomic E-state index is 0.227. The average Bonchev–Trinajstić information content (AvgIpc) is 2.71. The topological polar surface area (TPSA) is 64.7 Å². The van der Waals surface area contributed by atoms with E-state index in [4.69, 9.17) is 4.74 Å². The smallest absolute Gasteiger partial charge is 0.311 e.